The molecule has 100 valence electrons. The van der Waals surface area contributed by atoms with E-state index in [0.29, 0.717) is 12.1 Å². The Morgan fingerprint density at radius 3 is 2.16 bits per heavy atom. The van der Waals surface area contributed by atoms with E-state index in [1.54, 1.807) is 6.07 Å². The van der Waals surface area contributed by atoms with Crippen molar-refractivity contribution < 1.29 is 13.2 Å². The van der Waals surface area contributed by atoms with Gasteiger partial charge in [0, 0.05) is 17.7 Å². The van der Waals surface area contributed by atoms with Gasteiger partial charge in [-0.1, -0.05) is 35.3 Å². The second-order valence-electron chi connectivity index (χ2n) is 3.90. The molecule has 0 bridgehead atoms. The molecule has 0 amide bonds. The fourth-order valence-corrected chi connectivity index (χ4v) is 2.19. The van der Waals surface area contributed by atoms with Gasteiger partial charge in [-0.05, 0) is 11.6 Å². The Morgan fingerprint density at radius 1 is 1.00 bits per heavy atom. The van der Waals surface area contributed by atoms with Crippen LogP contribution in [0, 0.1) is 17.5 Å². The van der Waals surface area contributed by atoms with Crippen molar-refractivity contribution in [3.63, 3.8) is 0 Å². The van der Waals surface area contributed by atoms with Crippen molar-refractivity contribution in [1.29, 1.82) is 0 Å². The van der Waals surface area contributed by atoms with E-state index in [9.17, 15) is 13.2 Å². The van der Waals surface area contributed by atoms with E-state index in [4.69, 9.17) is 28.9 Å². The SMILES string of the molecule is NC(c1cccc(Cl)c1Cl)c1c(F)cc(F)cc1F. The largest absolute Gasteiger partial charge is 0.320 e. The van der Waals surface area contributed by atoms with Gasteiger partial charge in [0.05, 0.1) is 16.1 Å². The number of hydrogen-bond acceptors (Lipinski definition) is 1. The maximum absolute atomic E-state index is 13.6. The zero-order valence-electron chi connectivity index (χ0n) is 9.43. The third-order valence-electron chi connectivity index (χ3n) is 2.67. The summed E-state index contributed by atoms with van der Waals surface area (Å²) in [7, 11) is 0. The van der Waals surface area contributed by atoms with Gasteiger partial charge in [-0.3, -0.25) is 0 Å². The number of benzene rings is 2. The second-order valence-corrected chi connectivity index (χ2v) is 4.69. The average Bonchev–Trinajstić information content (AvgIpc) is 2.31. The van der Waals surface area contributed by atoms with Crippen LogP contribution in [0.3, 0.4) is 0 Å². The minimum absolute atomic E-state index is 0.111. The van der Waals surface area contributed by atoms with Crippen molar-refractivity contribution >= 4 is 23.2 Å². The predicted molar refractivity (Wildman–Crippen MR) is 68.8 cm³/mol. The molecule has 1 unspecified atom stereocenters. The third kappa shape index (κ3) is 2.71. The number of halogens is 5. The van der Waals surface area contributed by atoms with Crippen LogP contribution in [0.1, 0.15) is 17.2 Å². The standard InChI is InChI=1S/C13H8Cl2F3N/c14-8-3-1-2-7(12(8)15)13(19)11-9(17)4-6(16)5-10(11)18/h1-5,13H,19H2. The summed E-state index contributed by atoms with van der Waals surface area (Å²) >= 11 is 11.8. The van der Waals surface area contributed by atoms with Gasteiger partial charge in [-0.2, -0.15) is 0 Å². The lowest BCUT2D eigenvalue weighted by atomic mass is 9.98. The van der Waals surface area contributed by atoms with Gasteiger partial charge < -0.3 is 5.73 Å². The van der Waals surface area contributed by atoms with Crippen LogP contribution in [-0.4, -0.2) is 0 Å². The smallest absolute Gasteiger partial charge is 0.134 e. The molecule has 0 saturated carbocycles. The Bertz CT molecular complexity index is 608. The van der Waals surface area contributed by atoms with E-state index in [2.05, 4.69) is 0 Å². The molecule has 0 aromatic heterocycles. The molecule has 1 nitrogen and oxygen atoms in total. The molecule has 0 fully saturated rings. The van der Waals surface area contributed by atoms with Crippen molar-refractivity contribution in [3.8, 4) is 0 Å². The Kier molecular flexibility index (Phi) is 4.04. The van der Waals surface area contributed by atoms with Crippen LogP contribution in [0.25, 0.3) is 0 Å². The van der Waals surface area contributed by atoms with Gasteiger partial charge in [-0.15, -0.1) is 0 Å². The molecule has 0 heterocycles. The van der Waals surface area contributed by atoms with E-state index in [0.717, 1.165) is 0 Å². The third-order valence-corrected chi connectivity index (χ3v) is 3.50. The molecule has 1 atom stereocenters. The molecule has 2 N–H and O–H groups in total. The molecule has 2 aromatic carbocycles. The maximum Gasteiger partial charge on any atom is 0.134 e. The first-order valence-corrected chi connectivity index (χ1v) is 6.01. The summed E-state index contributed by atoms with van der Waals surface area (Å²) in [5.41, 5.74) is 5.60. The molecular formula is C13H8Cl2F3N. The van der Waals surface area contributed by atoms with Crippen LogP contribution in [0.4, 0.5) is 13.2 Å². The minimum atomic E-state index is -1.17. The minimum Gasteiger partial charge on any atom is -0.320 e. The van der Waals surface area contributed by atoms with E-state index in [-0.39, 0.29) is 15.6 Å². The van der Waals surface area contributed by atoms with Crippen molar-refractivity contribution in [2.75, 3.05) is 0 Å². The van der Waals surface area contributed by atoms with Crippen LogP contribution >= 0.6 is 23.2 Å². The number of rotatable bonds is 2. The molecular weight excluding hydrogens is 298 g/mol. The topological polar surface area (TPSA) is 26.0 Å². The molecule has 0 aliphatic heterocycles. The lowest BCUT2D eigenvalue weighted by Gasteiger charge is -2.16. The number of nitrogens with two attached hydrogens (primary N) is 1. The summed E-state index contributed by atoms with van der Waals surface area (Å²) in [5, 5.41) is 0.331. The van der Waals surface area contributed by atoms with Gasteiger partial charge in [0.1, 0.15) is 17.5 Å². The van der Waals surface area contributed by atoms with Gasteiger partial charge in [0.15, 0.2) is 0 Å². The maximum atomic E-state index is 13.6. The van der Waals surface area contributed by atoms with Crippen molar-refractivity contribution in [2.45, 2.75) is 6.04 Å². The number of hydrogen-bond donors (Lipinski definition) is 1. The summed E-state index contributed by atoms with van der Waals surface area (Å²) in [6, 6.07) is 4.54. The van der Waals surface area contributed by atoms with Crippen LogP contribution in [0.5, 0.6) is 0 Å². The molecule has 2 aromatic rings. The summed E-state index contributed by atoms with van der Waals surface area (Å²) in [4.78, 5) is 0. The highest BCUT2D eigenvalue weighted by molar-refractivity contribution is 6.42. The monoisotopic (exact) mass is 305 g/mol. The fraction of sp³-hybridized carbons (Fsp3) is 0.0769. The van der Waals surface area contributed by atoms with E-state index >= 15 is 0 Å². The van der Waals surface area contributed by atoms with Crippen LogP contribution in [0.2, 0.25) is 10.0 Å². The highest BCUT2D eigenvalue weighted by atomic mass is 35.5. The normalized spacial score (nSPS) is 12.5. The molecule has 19 heavy (non-hydrogen) atoms. The van der Waals surface area contributed by atoms with Crippen molar-refractivity contribution in [1.82, 2.24) is 0 Å². The van der Waals surface area contributed by atoms with Crippen molar-refractivity contribution in [2.24, 2.45) is 5.73 Å². The van der Waals surface area contributed by atoms with Gasteiger partial charge >= 0.3 is 0 Å². The summed E-state index contributed by atoms with van der Waals surface area (Å²) in [6.07, 6.45) is 0. The first-order valence-electron chi connectivity index (χ1n) is 5.25. The molecule has 0 aliphatic rings. The summed E-state index contributed by atoms with van der Waals surface area (Å²) < 4.78 is 40.1. The Hall–Kier alpha value is -1.23. The van der Waals surface area contributed by atoms with Gasteiger partial charge in [-0.25, -0.2) is 13.2 Å². The Balaban J connectivity index is 2.56. The van der Waals surface area contributed by atoms with E-state index in [1.165, 1.54) is 12.1 Å². The van der Waals surface area contributed by atoms with Gasteiger partial charge in [0.2, 0.25) is 0 Å². The van der Waals surface area contributed by atoms with Crippen molar-refractivity contribution in [3.05, 3.63) is 69.0 Å². The fourth-order valence-electron chi connectivity index (χ4n) is 1.77. The second kappa shape index (κ2) is 5.41. The van der Waals surface area contributed by atoms with E-state index < -0.39 is 29.1 Å². The molecule has 0 saturated heterocycles. The lowest BCUT2D eigenvalue weighted by molar-refractivity contribution is 0.515. The lowest BCUT2D eigenvalue weighted by Crippen LogP contribution is -2.16. The molecule has 0 spiro atoms. The van der Waals surface area contributed by atoms with Crippen LogP contribution in [0.15, 0.2) is 30.3 Å². The average molecular weight is 306 g/mol. The molecule has 0 radical (unpaired) electrons. The summed E-state index contributed by atoms with van der Waals surface area (Å²) in [5.74, 6) is -3.15. The molecule has 0 aliphatic carbocycles. The van der Waals surface area contributed by atoms with E-state index in [1.807, 2.05) is 0 Å². The summed E-state index contributed by atoms with van der Waals surface area (Å²) in [6.45, 7) is 0. The Labute approximate surface area is 117 Å². The first-order chi connectivity index (χ1) is 8.91. The quantitative estimate of drug-likeness (QED) is 0.871. The zero-order valence-corrected chi connectivity index (χ0v) is 10.9. The van der Waals surface area contributed by atoms with Gasteiger partial charge in [0.25, 0.3) is 0 Å². The zero-order chi connectivity index (χ0) is 14.2. The molecule has 6 heteroatoms. The Morgan fingerprint density at radius 2 is 1.58 bits per heavy atom. The molecule has 2 rings (SSSR count). The van der Waals surface area contributed by atoms with Crippen LogP contribution < -0.4 is 5.73 Å². The van der Waals surface area contributed by atoms with Crippen LogP contribution in [-0.2, 0) is 0 Å². The first kappa shape index (κ1) is 14.2. The highest BCUT2D eigenvalue weighted by Gasteiger charge is 2.22. The highest BCUT2D eigenvalue weighted by Crippen LogP contribution is 2.33. The predicted octanol–water partition coefficient (Wildman–Crippen LogP) is 4.46.